The van der Waals surface area contributed by atoms with E-state index >= 15 is 0 Å². The van der Waals surface area contributed by atoms with Gasteiger partial charge in [0.15, 0.2) is 0 Å². The number of anilines is 1. The Labute approximate surface area is 180 Å². The van der Waals surface area contributed by atoms with Crippen LogP contribution in [0.5, 0.6) is 0 Å². The van der Waals surface area contributed by atoms with Crippen molar-refractivity contribution in [3.63, 3.8) is 0 Å². The standard InChI is InChI=1S/C22H18F3N5O2/c1-13-6-7-15(8-14(13)2)18-10-19-21(32)29(26-12-30(19)28-18)11-20(31)27-17-5-3-4-16(9-17)22(23,24)25/h3-10,12H,11H2,1-2H3,(H,27,31). The van der Waals surface area contributed by atoms with Crippen molar-refractivity contribution in [3.05, 3.63) is 81.9 Å². The number of hydrogen-bond acceptors (Lipinski definition) is 4. The fourth-order valence-corrected chi connectivity index (χ4v) is 3.20. The van der Waals surface area contributed by atoms with Gasteiger partial charge in [-0.15, -0.1) is 0 Å². The number of fused-ring (bicyclic) bond motifs is 1. The second kappa shape index (κ2) is 7.95. The molecule has 0 atom stereocenters. The zero-order chi connectivity index (χ0) is 23.0. The Morgan fingerprint density at radius 3 is 2.56 bits per heavy atom. The Morgan fingerprint density at radius 1 is 1.06 bits per heavy atom. The summed E-state index contributed by atoms with van der Waals surface area (Å²) in [4.78, 5) is 25.1. The molecule has 32 heavy (non-hydrogen) atoms. The molecule has 4 rings (SSSR count). The third-order valence-electron chi connectivity index (χ3n) is 5.06. The van der Waals surface area contributed by atoms with Crippen LogP contribution in [0, 0.1) is 13.8 Å². The number of benzene rings is 2. The first-order chi connectivity index (χ1) is 15.1. The Kier molecular flexibility index (Phi) is 5.29. The number of aryl methyl sites for hydroxylation is 2. The highest BCUT2D eigenvalue weighted by atomic mass is 19.4. The topological polar surface area (TPSA) is 81.3 Å². The van der Waals surface area contributed by atoms with Crippen LogP contribution in [0.1, 0.15) is 16.7 Å². The summed E-state index contributed by atoms with van der Waals surface area (Å²) >= 11 is 0. The number of hydrogen-bond donors (Lipinski definition) is 1. The average Bonchev–Trinajstić information content (AvgIpc) is 3.17. The zero-order valence-corrected chi connectivity index (χ0v) is 17.1. The molecule has 0 radical (unpaired) electrons. The second-order valence-electron chi connectivity index (χ2n) is 7.38. The SMILES string of the molecule is Cc1ccc(-c2cc3c(=O)n(CC(=O)Nc4cccc(C(F)(F)F)c4)ncn3n2)cc1C. The molecule has 2 heterocycles. The van der Waals surface area contributed by atoms with Crippen LogP contribution in [0.3, 0.4) is 0 Å². The molecule has 7 nitrogen and oxygen atoms in total. The minimum Gasteiger partial charge on any atom is -0.324 e. The zero-order valence-electron chi connectivity index (χ0n) is 17.1. The molecule has 0 saturated carbocycles. The van der Waals surface area contributed by atoms with Gasteiger partial charge in [-0.1, -0.05) is 18.2 Å². The van der Waals surface area contributed by atoms with Crippen LogP contribution in [0.2, 0.25) is 0 Å². The maximum Gasteiger partial charge on any atom is 0.416 e. The Bertz CT molecular complexity index is 1390. The van der Waals surface area contributed by atoms with Gasteiger partial charge in [0.1, 0.15) is 18.4 Å². The van der Waals surface area contributed by atoms with E-state index < -0.39 is 29.8 Å². The molecule has 1 N–H and O–H groups in total. The summed E-state index contributed by atoms with van der Waals surface area (Å²) in [5.41, 5.74) is 2.40. The van der Waals surface area contributed by atoms with Gasteiger partial charge >= 0.3 is 6.18 Å². The lowest BCUT2D eigenvalue weighted by atomic mass is 10.0. The highest BCUT2D eigenvalue weighted by molar-refractivity contribution is 5.90. The number of alkyl halides is 3. The van der Waals surface area contributed by atoms with E-state index in [0.717, 1.165) is 33.5 Å². The van der Waals surface area contributed by atoms with Crippen molar-refractivity contribution >= 4 is 17.1 Å². The predicted octanol–water partition coefficient (Wildman–Crippen LogP) is 3.83. The molecule has 164 valence electrons. The van der Waals surface area contributed by atoms with Gasteiger partial charge in [0, 0.05) is 11.3 Å². The molecule has 0 spiro atoms. The van der Waals surface area contributed by atoms with Gasteiger partial charge in [0.25, 0.3) is 5.56 Å². The van der Waals surface area contributed by atoms with Crippen LogP contribution in [0.15, 0.2) is 59.7 Å². The molecule has 0 bridgehead atoms. The van der Waals surface area contributed by atoms with Crippen molar-refractivity contribution in [3.8, 4) is 11.3 Å². The van der Waals surface area contributed by atoms with Gasteiger partial charge in [-0.05, 0) is 55.3 Å². The predicted molar refractivity (Wildman–Crippen MR) is 112 cm³/mol. The molecule has 0 unspecified atom stereocenters. The van der Waals surface area contributed by atoms with E-state index in [4.69, 9.17) is 0 Å². The Morgan fingerprint density at radius 2 is 1.84 bits per heavy atom. The minimum atomic E-state index is -4.53. The van der Waals surface area contributed by atoms with Gasteiger partial charge in [-0.3, -0.25) is 9.59 Å². The fourth-order valence-electron chi connectivity index (χ4n) is 3.20. The molecule has 0 aliphatic carbocycles. The second-order valence-corrected chi connectivity index (χ2v) is 7.38. The molecular weight excluding hydrogens is 423 g/mol. The minimum absolute atomic E-state index is 0.0275. The summed E-state index contributed by atoms with van der Waals surface area (Å²) in [5.74, 6) is -0.683. The number of carbonyl (C=O) groups is 1. The first kappa shape index (κ1) is 21.3. The summed E-state index contributed by atoms with van der Waals surface area (Å²) in [6, 6.07) is 11.7. The van der Waals surface area contributed by atoms with E-state index in [1.807, 2.05) is 32.0 Å². The highest BCUT2D eigenvalue weighted by Gasteiger charge is 2.30. The van der Waals surface area contributed by atoms with E-state index in [1.54, 1.807) is 6.07 Å². The van der Waals surface area contributed by atoms with E-state index in [2.05, 4.69) is 15.5 Å². The average molecular weight is 441 g/mol. The largest absolute Gasteiger partial charge is 0.416 e. The van der Waals surface area contributed by atoms with Crippen LogP contribution in [0.25, 0.3) is 16.8 Å². The molecule has 2 aromatic carbocycles. The van der Waals surface area contributed by atoms with E-state index in [1.165, 1.54) is 23.0 Å². The number of rotatable bonds is 4. The monoisotopic (exact) mass is 441 g/mol. The van der Waals surface area contributed by atoms with Crippen molar-refractivity contribution in [2.24, 2.45) is 0 Å². The summed E-state index contributed by atoms with van der Waals surface area (Å²) in [6.45, 7) is 3.51. The Hall–Kier alpha value is -3.95. The maximum absolute atomic E-state index is 12.8. The van der Waals surface area contributed by atoms with Crippen LogP contribution in [0.4, 0.5) is 18.9 Å². The van der Waals surface area contributed by atoms with Gasteiger partial charge in [0.05, 0.1) is 11.3 Å². The Balaban J connectivity index is 1.57. The van der Waals surface area contributed by atoms with Crippen LogP contribution in [-0.4, -0.2) is 25.3 Å². The molecule has 2 aromatic heterocycles. The van der Waals surface area contributed by atoms with Gasteiger partial charge in [-0.2, -0.15) is 23.4 Å². The van der Waals surface area contributed by atoms with Gasteiger partial charge in [-0.25, -0.2) is 9.20 Å². The van der Waals surface area contributed by atoms with Crippen LogP contribution >= 0.6 is 0 Å². The van der Waals surface area contributed by atoms with Crippen LogP contribution < -0.4 is 10.9 Å². The number of nitrogens with zero attached hydrogens (tertiary/aromatic N) is 4. The summed E-state index contributed by atoms with van der Waals surface area (Å²) < 4.78 is 40.8. The van der Waals surface area contributed by atoms with E-state index in [-0.39, 0.29) is 11.2 Å². The summed E-state index contributed by atoms with van der Waals surface area (Å²) in [5, 5.41) is 10.7. The molecule has 0 aliphatic heterocycles. The van der Waals surface area contributed by atoms with Gasteiger partial charge < -0.3 is 5.32 Å². The lowest BCUT2D eigenvalue weighted by Gasteiger charge is -2.10. The van der Waals surface area contributed by atoms with Crippen molar-refractivity contribution in [1.29, 1.82) is 0 Å². The lowest BCUT2D eigenvalue weighted by Crippen LogP contribution is -2.30. The van der Waals surface area contributed by atoms with E-state index in [9.17, 15) is 22.8 Å². The van der Waals surface area contributed by atoms with Gasteiger partial charge in [0.2, 0.25) is 5.91 Å². The number of amides is 1. The van der Waals surface area contributed by atoms with Crippen molar-refractivity contribution in [2.45, 2.75) is 26.6 Å². The molecular formula is C22H18F3N5O2. The normalized spacial score (nSPS) is 11.7. The highest BCUT2D eigenvalue weighted by Crippen LogP contribution is 2.30. The number of aromatic nitrogens is 4. The number of halogens is 3. The first-order valence-electron chi connectivity index (χ1n) is 9.62. The quantitative estimate of drug-likeness (QED) is 0.522. The third-order valence-corrected chi connectivity index (χ3v) is 5.06. The van der Waals surface area contributed by atoms with Crippen LogP contribution in [-0.2, 0) is 17.5 Å². The molecule has 1 amide bonds. The lowest BCUT2D eigenvalue weighted by molar-refractivity contribution is -0.137. The molecule has 10 heteroatoms. The first-order valence-corrected chi connectivity index (χ1v) is 9.62. The number of nitrogens with one attached hydrogen (secondary N) is 1. The fraction of sp³-hybridized carbons (Fsp3) is 0.182. The van der Waals surface area contributed by atoms with Crippen molar-refractivity contribution in [1.82, 2.24) is 19.4 Å². The summed E-state index contributed by atoms with van der Waals surface area (Å²) in [6.07, 6.45) is -3.22. The van der Waals surface area contributed by atoms with Crippen molar-refractivity contribution in [2.75, 3.05) is 5.32 Å². The molecule has 0 saturated heterocycles. The smallest absolute Gasteiger partial charge is 0.324 e. The summed E-state index contributed by atoms with van der Waals surface area (Å²) in [7, 11) is 0. The maximum atomic E-state index is 12.8. The van der Waals surface area contributed by atoms with Crippen molar-refractivity contribution < 1.29 is 18.0 Å². The molecule has 4 aromatic rings. The number of carbonyl (C=O) groups excluding carboxylic acids is 1. The molecule has 0 aliphatic rings. The third kappa shape index (κ3) is 4.25. The van der Waals surface area contributed by atoms with E-state index in [0.29, 0.717) is 5.69 Å². The molecule has 0 fully saturated rings.